The second kappa shape index (κ2) is 6.22. The van der Waals surface area contributed by atoms with E-state index in [1.165, 1.54) is 11.3 Å². The summed E-state index contributed by atoms with van der Waals surface area (Å²) in [6.45, 7) is 11.7. The van der Waals surface area contributed by atoms with Crippen LogP contribution in [0.3, 0.4) is 0 Å². The average Bonchev–Trinajstić information content (AvgIpc) is 2.98. The molecule has 5 heteroatoms. The molecular weight excluding hydrogens is 250 g/mol. The first-order valence-corrected chi connectivity index (χ1v) is 7.16. The lowest BCUT2D eigenvalue weighted by Gasteiger charge is -2.19. The predicted molar refractivity (Wildman–Crippen MR) is 80.4 cm³/mol. The first kappa shape index (κ1) is 14.8. The van der Waals surface area contributed by atoms with E-state index in [2.05, 4.69) is 52.8 Å². The first-order chi connectivity index (χ1) is 9.47. The largest absolute Gasteiger partial charge is 0.337 e. The lowest BCUT2D eigenvalue weighted by Crippen LogP contribution is -2.25. The quantitative estimate of drug-likeness (QED) is 0.850. The highest BCUT2D eigenvalue weighted by Gasteiger charge is 2.19. The van der Waals surface area contributed by atoms with Crippen LogP contribution in [0.1, 0.15) is 39.0 Å². The van der Waals surface area contributed by atoms with Gasteiger partial charge in [-0.05, 0) is 12.5 Å². The molecule has 0 aliphatic heterocycles. The van der Waals surface area contributed by atoms with Crippen molar-refractivity contribution >= 4 is 0 Å². The molecular formula is C15H25N5. The van der Waals surface area contributed by atoms with E-state index in [9.17, 15) is 0 Å². The van der Waals surface area contributed by atoms with Crippen LogP contribution in [0.5, 0.6) is 0 Å². The van der Waals surface area contributed by atoms with E-state index in [-0.39, 0.29) is 5.41 Å². The molecule has 0 saturated heterocycles. The Hall–Kier alpha value is -1.62. The highest BCUT2D eigenvalue weighted by atomic mass is 15.1. The molecule has 0 aromatic carbocycles. The van der Waals surface area contributed by atoms with Crippen LogP contribution in [0, 0.1) is 5.92 Å². The predicted octanol–water partition coefficient (Wildman–Crippen LogP) is 2.33. The molecule has 110 valence electrons. The van der Waals surface area contributed by atoms with Crippen molar-refractivity contribution in [3.8, 4) is 0 Å². The van der Waals surface area contributed by atoms with Crippen LogP contribution in [-0.2, 0) is 18.5 Å². The van der Waals surface area contributed by atoms with E-state index in [1.54, 1.807) is 0 Å². The third-order valence-corrected chi connectivity index (χ3v) is 3.36. The molecule has 5 nitrogen and oxygen atoms in total. The van der Waals surface area contributed by atoms with Crippen molar-refractivity contribution in [3.05, 3.63) is 36.2 Å². The van der Waals surface area contributed by atoms with Gasteiger partial charge in [-0.25, -0.2) is 4.98 Å². The fraction of sp³-hybridized carbons (Fsp3) is 0.600. The number of aromatic nitrogens is 4. The highest BCUT2D eigenvalue weighted by Crippen LogP contribution is 2.23. The Morgan fingerprint density at radius 1 is 1.40 bits per heavy atom. The summed E-state index contributed by atoms with van der Waals surface area (Å²) < 4.78 is 2.12. The topological polar surface area (TPSA) is 58.5 Å². The number of rotatable bonds is 6. The SMILES string of the molecule is C[C@@H](CNCc1cn[nH]c1C(C)(C)C)Cn1ccnc1. The van der Waals surface area contributed by atoms with Gasteiger partial charge in [-0.3, -0.25) is 5.10 Å². The summed E-state index contributed by atoms with van der Waals surface area (Å²) in [5, 5.41) is 10.8. The lowest BCUT2D eigenvalue weighted by molar-refractivity contribution is 0.443. The Morgan fingerprint density at radius 2 is 2.20 bits per heavy atom. The van der Waals surface area contributed by atoms with Crippen molar-refractivity contribution in [2.45, 2.75) is 46.2 Å². The van der Waals surface area contributed by atoms with Crippen molar-refractivity contribution in [1.82, 2.24) is 25.1 Å². The third kappa shape index (κ3) is 3.93. The van der Waals surface area contributed by atoms with Crippen molar-refractivity contribution in [2.24, 2.45) is 5.92 Å². The van der Waals surface area contributed by atoms with E-state index in [1.807, 2.05) is 24.9 Å². The maximum Gasteiger partial charge on any atom is 0.0946 e. The van der Waals surface area contributed by atoms with E-state index in [0.29, 0.717) is 5.92 Å². The lowest BCUT2D eigenvalue weighted by atomic mass is 9.89. The number of aromatic amines is 1. The van der Waals surface area contributed by atoms with E-state index >= 15 is 0 Å². The number of nitrogens with one attached hydrogen (secondary N) is 2. The van der Waals surface area contributed by atoms with Gasteiger partial charge < -0.3 is 9.88 Å². The summed E-state index contributed by atoms with van der Waals surface area (Å²) in [5.74, 6) is 0.564. The standard InChI is InChI=1S/C15H25N5/c1-12(10-20-6-5-16-11-20)7-17-8-13-9-18-19-14(13)15(2,3)4/h5-6,9,11-12,17H,7-8,10H2,1-4H3,(H,18,19)/t12-/m0/s1. The van der Waals surface area contributed by atoms with Crippen LogP contribution < -0.4 is 5.32 Å². The molecule has 0 radical (unpaired) electrons. The molecule has 0 saturated carbocycles. The van der Waals surface area contributed by atoms with Gasteiger partial charge in [0.1, 0.15) is 0 Å². The smallest absolute Gasteiger partial charge is 0.0946 e. The van der Waals surface area contributed by atoms with Gasteiger partial charge in [0, 0.05) is 42.2 Å². The molecule has 0 fully saturated rings. The molecule has 0 amide bonds. The van der Waals surface area contributed by atoms with Crippen LogP contribution in [0.4, 0.5) is 0 Å². The second-order valence-electron chi connectivity index (χ2n) is 6.52. The monoisotopic (exact) mass is 275 g/mol. The number of hydrogen-bond acceptors (Lipinski definition) is 3. The number of imidazole rings is 1. The van der Waals surface area contributed by atoms with Crippen molar-refractivity contribution in [2.75, 3.05) is 6.54 Å². The van der Waals surface area contributed by atoms with Gasteiger partial charge in [0.15, 0.2) is 0 Å². The van der Waals surface area contributed by atoms with Gasteiger partial charge in [-0.1, -0.05) is 27.7 Å². The minimum absolute atomic E-state index is 0.107. The van der Waals surface area contributed by atoms with Crippen LogP contribution in [-0.4, -0.2) is 26.3 Å². The maximum atomic E-state index is 4.17. The number of H-pyrrole nitrogens is 1. The van der Waals surface area contributed by atoms with Gasteiger partial charge in [0.25, 0.3) is 0 Å². The van der Waals surface area contributed by atoms with Crippen LogP contribution in [0.15, 0.2) is 24.9 Å². The molecule has 2 aromatic heterocycles. The fourth-order valence-electron chi connectivity index (χ4n) is 2.37. The molecule has 1 atom stereocenters. The minimum Gasteiger partial charge on any atom is -0.337 e. The van der Waals surface area contributed by atoms with Crippen LogP contribution in [0.2, 0.25) is 0 Å². The molecule has 0 aliphatic carbocycles. The van der Waals surface area contributed by atoms with Crippen LogP contribution >= 0.6 is 0 Å². The maximum absolute atomic E-state index is 4.17. The van der Waals surface area contributed by atoms with Crippen molar-refractivity contribution < 1.29 is 0 Å². The zero-order valence-electron chi connectivity index (χ0n) is 12.8. The van der Waals surface area contributed by atoms with E-state index in [4.69, 9.17) is 0 Å². The normalized spacial score (nSPS) is 13.6. The Balaban J connectivity index is 1.80. The first-order valence-electron chi connectivity index (χ1n) is 7.16. The highest BCUT2D eigenvalue weighted by molar-refractivity contribution is 5.23. The number of nitrogens with zero attached hydrogens (tertiary/aromatic N) is 3. The summed E-state index contributed by atoms with van der Waals surface area (Å²) in [6, 6.07) is 0. The van der Waals surface area contributed by atoms with Gasteiger partial charge in [-0.15, -0.1) is 0 Å². The summed E-state index contributed by atoms with van der Waals surface area (Å²) in [6.07, 6.45) is 7.61. The van der Waals surface area contributed by atoms with Gasteiger partial charge >= 0.3 is 0 Å². The molecule has 2 rings (SSSR count). The second-order valence-corrected chi connectivity index (χ2v) is 6.52. The zero-order chi connectivity index (χ0) is 14.6. The number of hydrogen-bond donors (Lipinski definition) is 2. The Bertz CT molecular complexity index is 507. The molecule has 0 bridgehead atoms. The van der Waals surface area contributed by atoms with Gasteiger partial charge in [0.05, 0.1) is 12.5 Å². The van der Waals surface area contributed by atoms with E-state index in [0.717, 1.165) is 19.6 Å². The summed E-state index contributed by atoms with van der Waals surface area (Å²) >= 11 is 0. The molecule has 2 N–H and O–H groups in total. The zero-order valence-corrected chi connectivity index (χ0v) is 12.8. The Labute approximate surface area is 120 Å². The fourth-order valence-corrected chi connectivity index (χ4v) is 2.37. The summed E-state index contributed by atoms with van der Waals surface area (Å²) in [4.78, 5) is 4.06. The molecule has 20 heavy (non-hydrogen) atoms. The van der Waals surface area contributed by atoms with E-state index < -0.39 is 0 Å². The Morgan fingerprint density at radius 3 is 2.85 bits per heavy atom. The third-order valence-electron chi connectivity index (χ3n) is 3.36. The molecule has 0 unspecified atom stereocenters. The molecule has 2 aromatic rings. The van der Waals surface area contributed by atoms with Gasteiger partial charge in [0.2, 0.25) is 0 Å². The Kier molecular flexibility index (Phi) is 4.60. The minimum atomic E-state index is 0.107. The molecule has 2 heterocycles. The van der Waals surface area contributed by atoms with Crippen LogP contribution in [0.25, 0.3) is 0 Å². The molecule has 0 spiro atoms. The summed E-state index contributed by atoms with van der Waals surface area (Å²) in [5.41, 5.74) is 2.58. The summed E-state index contributed by atoms with van der Waals surface area (Å²) in [7, 11) is 0. The van der Waals surface area contributed by atoms with Gasteiger partial charge in [-0.2, -0.15) is 5.10 Å². The van der Waals surface area contributed by atoms with Crippen molar-refractivity contribution in [3.63, 3.8) is 0 Å². The molecule has 0 aliphatic rings. The van der Waals surface area contributed by atoms with Crippen molar-refractivity contribution in [1.29, 1.82) is 0 Å². The average molecular weight is 275 g/mol.